The van der Waals surface area contributed by atoms with Gasteiger partial charge in [-0.15, -0.1) is 0 Å². The van der Waals surface area contributed by atoms with Crippen molar-refractivity contribution >= 4 is 11.6 Å². The lowest BCUT2D eigenvalue weighted by atomic mass is 10.0. The van der Waals surface area contributed by atoms with E-state index in [9.17, 15) is 5.11 Å². The topological polar surface area (TPSA) is 40.5 Å². The number of rotatable bonds is 2. The van der Waals surface area contributed by atoms with Crippen LogP contribution in [0.2, 0.25) is 5.02 Å². The average molecular weight is 201 g/mol. The van der Waals surface area contributed by atoms with Gasteiger partial charge in [0.1, 0.15) is 5.75 Å². The Hall–Kier alpha value is -0.730. The summed E-state index contributed by atoms with van der Waals surface area (Å²) in [6.45, 7) is 3.87. The molecule has 1 aromatic carbocycles. The van der Waals surface area contributed by atoms with Gasteiger partial charge in [-0.3, -0.25) is 0 Å². The zero-order valence-electron chi connectivity index (χ0n) is 7.71. The fourth-order valence-corrected chi connectivity index (χ4v) is 1.38. The summed E-state index contributed by atoms with van der Waals surface area (Å²) in [6.07, 6.45) is 0. The Bertz CT molecular complexity index is 308. The lowest BCUT2D eigenvalue weighted by Crippen LogP contribution is -1.92. The molecule has 2 N–H and O–H groups in total. The van der Waals surface area contributed by atoms with E-state index in [-0.39, 0.29) is 12.4 Å². The number of phenols is 1. The predicted octanol–water partition coefficient (Wildman–Crippen LogP) is 2.66. The van der Waals surface area contributed by atoms with Gasteiger partial charge >= 0.3 is 0 Å². The van der Waals surface area contributed by atoms with Gasteiger partial charge in [0.15, 0.2) is 0 Å². The fraction of sp³-hybridized carbons (Fsp3) is 0.400. The van der Waals surface area contributed by atoms with E-state index in [1.54, 1.807) is 12.1 Å². The van der Waals surface area contributed by atoms with Crippen molar-refractivity contribution in [2.45, 2.75) is 26.4 Å². The largest absolute Gasteiger partial charge is 0.506 e. The maximum absolute atomic E-state index is 9.41. The van der Waals surface area contributed by atoms with Crippen LogP contribution in [0.15, 0.2) is 12.1 Å². The van der Waals surface area contributed by atoms with Gasteiger partial charge in [-0.2, -0.15) is 0 Å². The standard InChI is InChI=1S/C10H13ClO2/c1-6(2)7-3-8(5-12)10(13)9(11)4-7/h3-4,6,12-13H,5H2,1-2H3. The van der Waals surface area contributed by atoms with Crippen LogP contribution in [0.4, 0.5) is 0 Å². The maximum Gasteiger partial charge on any atom is 0.139 e. The highest BCUT2D eigenvalue weighted by Crippen LogP contribution is 2.31. The molecular formula is C10H13ClO2. The Kier molecular flexibility index (Phi) is 3.17. The molecule has 0 saturated heterocycles. The third-order valence-corrected chi connectivity index (χ3v) is 2.29. The Morgan fingerprint density at radius 1 is 1.38 bits per heavy atom. The highest BCUT2D eigenvalue weighted by molar-refractivity contribution is 6.32. The molecule has 1 rings (SSSR count). The molecule has 0 bridgehead atoms. The van der Waals surface area contributed by atoms with Crippen molar-refractivity contribution in [1.82, 2.24) is 0 Å². The van der Waals surface area contributed by atoms with Gasteiger partial charge in [-0.25, -0.2) is 0 Å². The van der Waals surface area contributed by atoms with Crippen molar-refractivity contribution in [2.24, 2.45) is 0 Å². The molecule has 0 aliphatic carbocycles. The van der Waals surface area contributed by atoms with Gasteiger partial charge in [-0.05, 0) is 23.6 Å². The highest BCUT2D eigenvalue weighted by atomic mass is 35.5. The molecule has 0 atom stereocenters. The predicted molar refractivity (Wildman–Crippen MR) is 53.1 cm³/mol. The van der Waals surface area contributed by atoms with Crippen molar-refractivity contribution in [2.75, 3.05) is 0 Å². The van der Waals surface area contributed by atoms with Gasteiger partial charge in [0.25, 0.3) is 0 Å². The number of halogens is 1. The van der Waals surface area contributed by atoms with Gasteiger partial charge < -0.3 is 10.2 Å². The summed E-state index contributed by atoms with van der Waals surface area (Å²) < 4.78 is 0. The Labute approximate surface area is 82.8 Å². The first-order chi connectivity index (χ1) is 6.06. The van der Waals surface area contributed by atoms with E-state index in [4.69, 9.17) is 16.7 Å². The lowest BCUT2D eigenvalue weighted by molar-refractivity contribution is 0.275. The Morgan fingerprint density at radius 3 is 2.46 bits per heavy atom. The lowest BCUT2D eigenvalue weighted by Gasteiger charge is -2.10. The van der Waals surface area contributed by atoms with E-state index in [1.807, 2.05) is 13.8 Å². The van der Waals surface area contributed by atoms with Crippen LogP contribution in [-0.2, 0) is 6.61 Å². The first kappa shape index (κ1) is 10.4. The molecule has 13 heavy (non-hydrogen) atoms. The quantitative estimate of drug-likeness (QED) is 0.771. The molecule has 0 fully saturated rings. The van der Waals surface area contributed by atoms with Crippen molar-refractivity contribution < 1.29 is 10.2 Å². The van der Waals surface area contributed by atoms with E-state index in [2.05, 4.69) is 0 Å². The summed E-state index contributed by atoms with van der Waals surface area (Å²) in [5.41, 5.74) is 1.50. The summed E-state index contributed by atoms with van der Waals surface area (Å²) in [4.78, 5) is 0. The zero-order chi connectivity index (χ0) is 10.0. The second-order valence-electron chi connectivity index (χ2n) is 3.32. The fourth-order valence-electron chi connectivity index (χ4n) is 1.13. The molecule has 0 heterocycles. The number of aliphatic hydroxyl groups is 1. The van der Waals surface area contributed by atoms with E-state index < -0.39 is 0 Å². The third-order valence-electron chi connectivity index (χ3n) is 2.00. The van der Waals surface area contributed by atoms with E-state index >= 15 is 0 Å². The van der Waals surface area contributed by atoms with Crippen molar-refractivity contribution in [3.05, 3.63) is 28.3 Å². The molecule has 0 amide bonds. The smallest absolute Gasteiger partial charge is 0.139 e. The normalized spacial score (nSPS) is 10.8. The minimum absolute atomic E-state index is 0.0198. The molecule has 0 radical (unpaired) electrons. The summed E-state index contributed by atoms with van der Waals surface area (Å²) in [7, 11) is 0. The van der Waals surface area contributed by atoms with Crippen LogP contribution in [0.5, 0.6) is 5.75 Å². The monoisotopic (exact) mass is 200 g/mol. The van der Waals surface area contributed by atoms with Crippen LogP contribution in [0, 0.1) is 0 Å². The molecule has 0 aromatic heterocycles. The maximum atomic E-state index is 9.41. The summed E-state index contributed by atoms with van der Waals surface area (Å²) in [6, 6.07) is 3.49. The van der Waals surface area contributed by atoms with Crippen molar-refractivity contribution in [3.63, 3.8) is 0 Å². The van der Waals surface area contributed by atoms with Crippen LogP contribution < -0.4 is 0 Å². The van der Waals surface area contributed by atoms with Crippen molar-refractivity contribution in [1.29, 1.82) is 0 Å². The number of hydrogen-bond donors (Lipinski definition) is 2. The minimum Gasteiger partial charge on any atom is -0.506 e. The molecule has 0 aliphatic heterocycles. The van der Waals surface area contributed by atoms with Gasteiger partial charge in [-0.1, -0.05) is 25.4 Å². The van der Waals surface area contributed by atoms with Crippen LogP contribution in [-0.4, -0.2) is 10.2 Å². The van der Waals surface area contributed by atoms with Gasteiger partial charge in [0.2, 0.25) is 0 Å². The zero-order valence-corrected chi connectivity index (χ0v) is 8.47. The van der Waals surface area contributed by atoms with E-state index in [0.29, 0.717) is 16.5 Å². The summed E-state index contributed by atoms with van der Waals surface area (Å²) in [5, 5.41) is 18.6. The van der Waals surface area contributed by atoms with Crippen LogP contribution in [0.3, 0.4) is 0 Å². The number of aromatic hydroxyl groups is 1. The first-order valence-corrected chi connectivity index (χ1v) is 4.56. The molecule has 0 spiro atoms. The SMILES string of the molecule is CC(C)c1cc(Cl)c(O)c(CO)c1. The molecule has 72 valence electrons. The molecule has 0 saturated carbocycles. The van der Waals surface area contributed by atoms with Gasteiger partial charge in [0.05, 0.1) is 11.6 Å². The summed E-state index contributed by atoms with van der Waals surface area (Å²) in [5.74, 6) is 0.317. The van der Waals surface area contributed by atoms with Crippen LogP contribution >= 0.6 is 11.6 Å². The molecular weight excluding hydrogens is 188 g/mol. The van der Waals surface area contributed by atoms with Crippen molar-refractivity contribution in [3.8, 4) is 5.75 Å². The minimum atomic E-state index is -0.188. The second kappa shape index (κ2) is 3.99. The molecule has 0 unspecified atom stereocenters. The third kappa shape index (κ3) is 2.14. The number of aliphatic hydroxyl groups excluding tert-OH is 1. The Morgan fingerprint density at radius 2 is 2.00 bits per heavy atom. The number of benzene rings is 1. The molecule has 3 heteroatoms. The van der Waals surface area contributed by atoms with E-state index in [1.165, 1.54) is 0 Å². The number of hydrogen-bond acceptors (Lipinski definition) is 2. The molecule has 1 aromatic rings. The van der Waals surface area contributed by atoms with Gasteiger partial charge in [0, 0.05) is 5.56 Å². The van der Waals surface area contributed by atoms with Crippen LogP contribution in [0.25, 0.3) is 0 Å². The molecule has 0 aliphatic rings. The second-order valence-corrected chi connectivity index (χ2v) is 3.73. The van der Waals surface area contributed by atoms with Crippen LogP contribution in [0.1, 0.15) is 30.9 Å². The summed E-state index contributed by atoms with van der Waals surface area (Å²) >= 11 is 5.78. The Balaban J connectivity index is 3.22. The highest BCUT2D eigenvalue weighted by Gasteiger charge is 2.09. The van der Waals surface area contributed by atoms with E-state index in [0.717, 1.165) is 5.56 Å². The average Bonchev–Trinajstić information content (AvgIpc) is 2.09. The first-order valence-electron chi connectivity index (χ1n) is 4.18. The molecule has 2 nitrogen and oxygen atoms in total.